The van der Waals surface area contributed by atoms with Crippen LogP contribution in [0.5, 0.6) is 0 Å². The van der Waals surface area contributed by atoms with Gasteiger partial charge in [0.15, 0.2) is 0 Å². The van der Waals surface area contributed by atoms with E-state index in [1.165, 1.54) is 0 Å². The second-order valence-corrected chi connectivity index (χ2v) is 7.70. The van der Waals surface area contributed by atoms with E-state index < -0.39 is 0 Å². The zero-order chi connectivity index (χ0) is 14.4. The summed E-state index contributed by atoms with van der Waals surface area (Å²) in [7, 11) is 0. The van der Waals surface area contributed by atoms with Crippen LogP contribution >= 0.6 is 11.8 Å². The molecule has 2 amide bonds. The summed E-state index contributed by atoms with van der Waals surface area (Å²) in [6, 6.07) is 0.0684. The van der Waals surface area contributed by atoms with Gasteiger partial charge in [-0.25, -0.2) is 0 Å². The third kappa shape index (κ3) is 2.37. The van der Waals surface area contributed by atoms with E-state index in [1.54, 1.807) is 11.8 Å². The molecule has 2 aliphatic heterocycles. The predicted octanol–water partition coefficient (Wildman–Crippen LogP) is 2.09. The van der Waals surface area contributed by atoms with Crippen LogP contribution in [0.15, 0.2) is 0 Å². The lowest BCUT2D eigenvalue weighted by molar-refractivity contribution is -0.146. The van der Waals surface area contributed by atoms with Gasteiger partial charge in [-0.3, -0.25) is 9.59 Å². The summed E-state index contributed by atoms with van der Waals surface area (Å²) in [6.07, 6.45) is 1.44. The number of fused-ring (bicyclic) bond motifs is 1. The molecular weight excluding hydrogens is 260 g/mol. The van der Waals surface area contributed by atoms with Crippen LogP contribution in [0.3, 0.4) is 0 Å². The second-order valence-electron chi connectivity index (χ2n) is 6.20. The number of carbonyl (C=O) groups is 2. The highest BCUT2D eigenvalue weighted by Gasteiger charge is 2.53. The highest BCUT2D eigenvalue weighted by atomic mass is 32.2. The van der Waals surface area contributed by atoms with Gasteiger partial charge in [-0.05, 0) is 41.0 Å². The normalized spacial score (nSPS) is 30.4. The first kappa shape index (κ1) is 14.7. The molecule has 0 N–H and O–H groups in total. The van der Waals surface area contributed by atoms with Gasteiger partial charge in [0.1, 0.15) is 6.04 Å². The summed E-state index contributed by atoms with van der Waals surface area (Å²) in [4.78, 5) is 28.5. The van der Waals surface area contributed by atoms with Crippen molar-refractivity contribution in [3.05, 3.63) is 0 Å². The van der Waals surface area contributed by atoms with Gasteiger partial charge in [-0.15, -0.1) is 11.8 Å². The van der Waals surface area contributed by atoms with Crippen LogP contribution in [0.4, 0.5) is 0 Å². The fourth-order valence-electron chi connectivity index (χ4n) is 3.28. The highest BCUT2D eigenvalue weighted by Crippen LogP contribution is 2.47. The maximum Gasteiger partial charge on any atom is 0.246 e. The average molecular weight is 284 g/mol. The zero-order valence-electron chi connectivity index (χ0n) is 12.5. The number of hydrogen-bond acceptors (Lipinski definition) is 3. The molecular formula is C14H24N2O2S. The Bertz CT molecular complexity index is 389. The second kappa shape index (κ2) is 5.00. The number of nitrogens with zero attached hydrogens (tertiary/aromatic N) is 2. The summed E-state index contributed by atoms with van der Waals surface area (Å²) >= 11 is 1.75. The van der Waals surface area contributed by atoms with Crippen molar-refractivity contribution in [2.75, 3.05) is 5.75 Å². The maximum atomic E-state index is 12.8. The van der Waals surface area contributed by atoms with Gasteiger partial charge < -0.3 is 9.80 Å². The molecule has 108 valence electrons. The Hall–Kier alpha value is -0.710. The number of carbonyl (C=O) groups excluding carboxylic acids is 2. The fourth-order valence-corrected chi connectivity index (χ4v) is 4.70. The summed E-state index contributed by atoms with van der Waals surface area (Å²) in [5, 5.41) is 0. The molecule has 2 saturated heterocycles. The molecule has 0 aliphatic carbocycles. The van der Waals surface area contributed by atoms with Gasteiger partial charge >= 0.3 is 0 Å². The van der Waals surface area contributed by atoms with Gasteiger partial charge in [-0.1, -0.05) is 0 Å². The van der Waals surface area contributed by atoms with Gasteiger partial charge in [0.2, 0.25) is 11.8 Å². The van der Waals surface area contributed by atoms with Crippen LogP contribution in [-0.2, 0) is 9.59 Å². The van der Waals surface area contributed by atoms with Crippen LogP contribution in [0.1, 0.15) is 47.5 Å². The summed E-state index contributed by atoms with van der Waals surface area (Å²) in [6.45, 7) is 10.2. The van der Waals surface area contributed by atoms with E-state index in [1.807, 2.05) is 37.5 Å². The zero-order valence-corrected chi connectivity index (χ0v) is 13.3. The van der Waals surface area contributed by atoms with Crippen molar-refractivity contribution in [3.63, 3.8) is 0 Å². The molecule has 4 nitrogen and oxygen atoms in total. The molecule has 0 aromatic rings. The van der Waals surface area contributed by atoms with E-state index in [4.69, 9.17) is 0 Å². The smallest absolute Gasteiger partial charge is 0.246 e. The number of thioether (sulfide) groups is 1. The van der Waals surface area contributed by atoms with E-state index in [2.05, 4.69) is 6.92 Å². The molecule has 2 unspecified atom stereocenters. The number of rotatable bonds is 3. The minimum Gasteiger partial charge on any atom is -0.336 e. The van der Waals surface area contributed by atoms with E-state index in [9.17, 15) is 9.59 Å². The molecule has 0 saturated carbocycles. The summed E-state index contributed by atoms with van der Waals surface area (Å²) in [5.41, 5.74) is 0. The van der Waals surface area contributed by atoms with Gasteiger partial charge in [0, 0.05) is 24.3 Å². The van der Waals surface area contributed by atoms with Crippen molar-refractivity contribution in [1.29, 1.82) is 0 Å². The molecule has 0 aromatic carbocycles. The van der Waals surface area contributed by atoms with Crippen molar-refractivity contribution in [2.45, 2.75) is 70.5 Å². The largest absolute Gasteiger partial charge is 0.336 e. The first-order chi connectivity index (χ1) is 8.78. The number of hydrogen-bond donors (Lipinski definition) is 0. The Balaban J connectivity index is 2.22. The Labute approximate surface area is 119 Å². The van der Waals surface area contributed by atoms with E-state index in [0.717, 1.165) is 12.2 Å². The molecule has 0 aromatic heterocycles. The molecule has 0 radical (unpaired) electrons. The molecule has 19 heavy (non-hydrogen) atoms. The highest BCUT2D eigenvalue weighted by molar-refractivity contribution is 8.01. The lowest BCUT2D eigenvalue weighted by atomic mass is 10.1. The van der Waals surface area contributed by atoms with Crippen LogP contribution < -0.4 is 0 Å². The first-order valence-corrected chi connectivity index (χ1v) is 8.05. The first-order valence-electron chi connectivity index (χ1n) is 7.06. The van der Waals surface area contributed by atoms with Crippen molar-refractivity contribution >= 4 is 23.6 Å². The van der Waals surface area contributed by atoms with Gasteiger partial charge in [-0.2, -0.15) is 0 Å². The van der Waals surface area contributed by atoms with E-state index in [-0.39, 0.29) is 34.8 Å². The Morgan fingerprint density at radius 1 is 1.37 bits per heavy atom. The van der Waals surface area contributed by atoms with Crippen molar-refractivity contribution < 1.29 is 9.59 Å². The topological polar surface area (TPSA) is 40.6 Å². The van der Waals surface area contributed by atoms with E-state index in [0.29, 0.717) is 6.42 Å². The van der Waals surface area contributed by atoms with Crippen LogP contribution in [-0.4, -0.2) is 50.4 Å². The lowest BCUT2D eigenvalue weighted by Gasteiger charge is -2.36. The molecule has 0 spiro atoms. The Morgan fingerprint density at radius 3 is 2.47 bits per heavy atom. The standard InChI is InChI=1S/C14H24N2O2S/c1-9(2)15(10(3)4)13(18)11-8-19-14(5)7-6-12(17)16(11)14/h9-11H,6-8H2,1-5H3. The lowest BCUT2D eigenvalue weighted by Crippen LogP contribution is -2.54. The SMILES string of the molecule is CC(C)N(C(=O)C1CSC2(C)CCC(=O)N12)C(C)C. The Kier molecular flexibility index (Phi) is 3.87. The molecule has 0 bridgehead atoms. The average Bonchev–Trinajstić information content (AvgIpc) is 2.76. The van der Waals surface area contributed by atoms with Crippen LogP contribution in [0.25, 0.3) is 0 Å². The van der Waals surface area contributed by atoms with Crippen LogP contribution in [0.2, 0.25) is 0 Å². The minimum atomic E-state index is -0.269. The van der Waals surface area contributed by atoms with Gasteiger partial charge in [0.05, 0.1) is 4.87 Å². The predicted molar refractivity (Wildman–Crippen MR) is 77.8 cm³/mol. The number of amides is 2. The Morgan fingerprint density at radius 2 is 1.95 bits per heavy atom. The summed E-state index contributed by atoms with van der Waals surface area (Å²) in [5.74, 6) is 0.978. The molecule has 2 rings (SSSR count). The van der Waals surface area contributed by atoms with Crippen molar-refractivity contribution in [3.8, 4) is 0 Å². The van der Waals surface area contributed by atoms with Crippen molar-refractivity contribution in [2.24, 2.45) is 0 Å². The van der Waals surface area contributed by atoms with Crippen molar-refractivity contribution in [1.82, 2.24) is 9.80 Å². The molecule has 5 heteroatoms. The molecule has 2 aliphatic rings. The minimum absolute atomic E-state index is 0.108. The monoisotopic (exact) mass is 284 g/mol. The third-order valence-electron chi connectivity index (χ3n) is 4.10. The maximum absolute atomic E-state index is 12.8. The third-order valence-corrected chi connectivity index (χ3v) is 5.60. The molecule has 2 atom stereocenters. The summed E-state index contributed by atoms with van der Waals surface area (Å²) < 4.78 is 0. The molecule has 2 heterocycles. The van der Waals surface area contributed by atoms with Crippen LogP contribution in [0, 0.1) is 0 Å². The van der Waals surface area contributed by atoms with E-state index >= 15 is 0 Å². The quantitative estimate of drug-likeness (QED) is 0.797. The molecule has 2 fully saturated rings. The van der Waals surface area contributed by atoms with Gasteiger partial charge in [0.25, 0.3) is 0 Å². The fraction of sp³-hybridized carbons (Fsp3) is 0.857.